The van der Waals surface area contributed by atoms with Crippen molar-refractivity contribution in [3.8, 4) is 0 Å². The molecule has 92 valence electrons. The molecule has 3 rings (SSSR count). The lowest BCUT2D eigenvalue weighted by Gasteiger charge is -1.99. The van der Waals surface area contributed by atoms with Crippen molar-refractivity contribution in [2.75, 3.05) is 0 Å². The highest BCUT2D eigenvalue weighted by molar-refractivity contribution is 7.98. The molecule has 3 aromatic rings. The molecule has 0 spiro atoms. The Labute approximate surface area is 107 Å². The van der Waals surface area contributed by atoms with E-state index >= 15 is 0 Å². The molecule has 0 atom stereocenters. The summed E-state index contributed by atoms with van der Waals surface area (Å²) >= 11 is 1.59. The van der Waals surface area contributed by atoms with Gasteiger partial charge in [0.05, 0.1) is 23.0 Å². The van der Waals surface area contributed by atoms with Crippen LogP contribution >= 0.6 is 11.8 Å². The Bertz CT molecular complexity index is 690. The van der Waals surface area contributed by atoms with Gasteiger partial charge in [0.2, 0.25) is 0 Å². The molecule has 0 aliphatic carbocycles. The maximum Gasteiger partial charge on any atom is 0.162 e. The largest absolute Gasteiger partial charge is 0.360 e. The third-order valence-electron chi connectivity index (χ3n) is 2.52. The normalized spacial score (nSPS) is 11.2. The number of rotatable bonds is 3. The van der Waals surface area contributed by atoms with Crippen molar-refractivity contribution in [1.82, 2.24) is 24.9 Å². The Balaban J connectivity index is 1.86. The first-order chi connectivity index (χ1) is 8.74. The highest BCUT2D eigenvalue weighted by atomic mass is 32.2. The third kappa shape index (κ3) is 1.97. The monoisotopic (exact) mass is 261 g/mol. The number of hydrogen-bond donors (Lipinski definition) is 0. The molecule has 0 unspecified atom stereocenters. The minimum atomic E-state index is 0.696. The van der Waals surface area contributed by atoms with Crippen LogP contribution in [0.15, 0.2) is 28.1 Å². The lowest BCUT2D eigenvalue weighted by atomic mass is 10.4. The second kappa shape index (κ2) is 4.41. The van der Waals surface area contributed by atoms with E-state index in [4.69, 9.17) is 4.52 Å². The summed E-state index contributed by atoms with van der Waals surface area (Å²) in [6.45, 7) is 1.90. The average molecular weight is 261 g/mol. The van der Waals surface area contributed by atoms with Gasteiger partial charge in [-0.1, -0.05) is 16.9 Å². The van der Waals surface area contributed by atoms with Crippen molar-refractivity contribution in [3.05, 3.63) is 30.0 Å². The molecule has 0 aliphatic heterocycles. The number of aromatic nitrogens is 5. The minimum absolute atomic E-state index is 0.696. The van der Waals surface area contributed by atoms with Gasteiger partial charge in [-0.2, -0.15) is 5.10 Å². The standard InChI is InChI=1S/C11H11N5OS/c1-7-3-8(17-15-7)5-18-11-9-4-14-16(2)10(9)12-6-13-11/h3-4,6H,5H2,1-2H3. The van der Waals surface area contributed by atoms with Crippen LogP contribution in [0.25, 0.3) is 11.0 Å². The van der Waals surface area contributed by atoms with Crippen LogP contribution < -0.4 is 0 Å². The zero-order chi connectivity index (χ0) is 12.5. The second-order valence-electron chi connectivity index (χ2n) is 3.91. The Morgan fingerprint density at radius 3 is 3.06 bits per heavy atom. The van der Waals surface area contributed by atoms with Crippen LogP contribution in [0.4, 0.5) is 0 Å². The summed E-state index contributed by atoms with van der Waals surface area (Å²) in [5.74, 6) is 1.54. The van der Waals surface area contributed by atoms with Crippen molar-refractivity contribution in [1.29, 1.82) is 0 Å². The van der Waals surface area contributed by atoms with Gasteiger partial charge in [0, 0.05) is 13.1 Å². The van der Waals surface area contributed by atoms with E-state index in [2.05, 4.69) is 20.2 Å². The lowest BCUT2D eigenvalue weighted by molar-refractivity contribution is 0.391. The predicted molar refractivity (Wildman–Crippen MR) is 67.1 cm³/mol. The van der Waals surface area contributed by atoms with Crippen molar-refractivity contribution in [2.45, 2.75) is 17.7 Å². The maximum absolute atomic E-state index is 5.17. The molecule has 0 radical (unpaired) electrons. The molecular formula is C11H11N5OS. The van der Waals surface area contributed by atoms with Gasteiger partial charge < -0.3 is 4.52 Å². The fourth-order valence-corrected chi connectivity index (χ4v) is 2.52. The van der Waals surface area contributed by atoms with Gasteiger partial charge in [0.15, 0.2) is 5.65 Å². The molecule has 0 aliphatic rings. The number of aryl methyl sites for hydroxylation is 2. The summed E-state index contributed by atoms with van der Waals surface area (Å²) in [6, 6.07) is 1.93. The molecular weight excluding hydrogens is 250 g/mol. The summed E-state index contributed by atoms with van der Waals surface area (Å²) in [5.41, 5.74) is 1.72. The average Bonchev–Trinajstić information content (AvgIpc) is 2.94. The number of nitrogens with zero attached hydrogens (tertiary/aromatic N) is 5. The summed E-state index contributed by atoms with van der Waals surface area (Å²) in [4.78, 5) is 8.48. The molecule has 0 fully saturated rings. The van der Waals surface area contributed by atoms with E-state index in [1.54, 1.807) is 29.0 Å². The molecule has 0 saturated heterocycles. The Morgan fingerprint density at radius 2 is 2.28 bits per heavy atom. The van der Waals surface area contributed by atoms with Crippen molar-refractivity contribution < 1.29 is 4.52 Å². The Morgan fingerprint density at radius 1 is 1.39 bits per heavy atom. The molecule has 7 heteroatoms. The first-order valence-electron chi connectivity index (χ1n) is 5.42. The Hall–Kier alpha value is -1.89. The van der Waals surface area contributed by atoms with E-state index in [1.807, 2.05) is 20.0 Å². The molecule has 0 N–H and O–H groups in total. The summed E-state index contributed by atoms with van der Waals surface area (Å²) < 4.78 is 6.90. The van der Waals surface area contributed by atoms with Crippen molar-refractivity contribution >= 4 is 22.8 Å². The molecule has 3 aromatic heterocycles. The zero-order valence-electron chi connectivity index (χ0n) is 9.99. The van der Waals surface area contributed by atoms with Crippen molar-refractivity contribution in [2.24, 2.45) is 7.05 Å². The molecule has 0 saturated carbocycles. The van der Waals surface area contributed by atoms with Crippen LogP contribution in [0, 0.1) is 6.92 Å². The van der Waals surface area contributed by atoms with Crippen LogP contribution in [0.5, 0.6) is 0 Å². The van der Waals surface area contributed by atoms with Crippen LogP contribution in [-0.2, 0) is 12.8 Å². The van der Waals surface area contributed by atoms with Crippen LogP contribution in [0.3, 0.4) is 0 Å². The maximum atomic E-state index is 5.17. The number of thioether (sulfide) groups is 1. The quantitative estimate of drug-likeness (QED) is 0.530. The van der Waals surface area contributed by atoms with E-state index in [0.29, 0.717) is 5.75 Å². The van der Waals surface area contributed by atoms with Gasteiger partial charge >= 0.3 is 0 Å². The van der Waals surface area contributed by atoms with Gasteiger partial charge in [0.25, 0.3) is 0 Å². The van der Waals surface area contributed by atoms with Crippen molar-refractivity contribution in [3.63, 3.8) is 0 Å². The predicted octanol–water partition coefficient (Wildman–Crippen LogP) is 1.95. The van der Waals surface area contributed by atoms with Gasteiger partial charge in [0.1, 0.15) is 17.1 Å². The Kier molecular flexibility index (Phi) is 2.75. The van der Waals surface area contributed by atoms with Gasteiger partial charge in [-0.3, -0.25) is 4.68 Å². The first kappa shape index (κ1) is 11.2. The highest BCUT2D eigenvalue weighted by Gasteiger charge is 2.09. The molecule has 0 bridgehead atoms. The fraction of sp³-hybridized carbons (Fsp3) is 0.273. The van der Waals surface area contributed by atoms with Gasteiger partial charge in [-0.25, -0.2) is 9.97 Å². The summed E-state index contributed by atoms with van der Waals surface area (Å²) in [7, 11) is 1.86. The van der Waals surface area contributed by atoms with E-state index < -0.39 is 0 Å². The van der Waals surface area contributed by atoms with E-state index in [9.17, 15) is 0 Å². The zero-order valence-corrected chi connectivity index (χ0v) is 10.8. The fourth-order valence-electron chi connectivity index (χ4n) is 1.68. The van der Waals surface area contributed by atoms with E-state index in [-0.39, 0.29) is 0 Å². The summed E-state index contributed by atoms with van der Waals surface area (Å²) in [5, 5.41) is 9.90. The topological polar surface area (TPSA) is 69.6 Å². The van der Waals surface area contributed by atoms with Gasteiger partial charge in [-0.15, -0.1) is 0 Å². The molecule has 6 nitrogen and oxygen atoms in total. The van der Waals surface area contributed by atoms with Crippen LogP contribution in [0.2, 0.25) is 0 Å². The van der Waals surface area contributed by atoms with Crippen LogP contribution in [0.1, 0.15) is 11.5 Å². The van der Waals surface area contributed by atoms with Crippen LogP contribution in [-0.4, -0.2) is 24.9 Å². The molecule has 3 heterocycles. The van der Waals surface area contributed by atoms with Gasteiger partial charge in [-0.05, 0) is 6.92 Å². The van der Waals surface area contributed by atoms with E-state index in [1.165, 1.54) is 0 Å². The smallest absolute Gasteiger partial charge is 0.162 e. The number of hydrogen-bond acceptors (Lipinski definition) is 6. The SMILES string of the molecule is Cc1cc(CSc2ncnc3c2cnn3C)on1. The van der Waals surface area contributed by atoms with E-state index in [0.717, 1.165) is 27.5 Å². The third-order valence-corrected chi connectivity index (χ3v) is 3.55. The highest BCUT2D eigenvalue weighted by Crippen LogP contribution is 2.26. The first-order valence-corrected chi connectivity index (χ1v) is 6.40. The second-order valence-corrected chi connectivity index (χ2v) is 4.87. The number of fused-ring (bicyclic) bond motifs is 1. The minimum Gasteiger partial charge on any atom is -0.360 e. The molecule has 0 amide bonds. The molecule has 18 heavy (non-hydrogen) atoms. The molecule has 0 aromatic carbocycles. The lowest BCUT2D eigenvalue weighted by Crippen LogP contribution is -1.92. The summed E-state index contributed by atoms with van der Waals surface area (Å²) in [6.07, 6.45) is 3.33.